The monoisotopic (exact) mass is 546 g/mol. The van der Waals surface area contributed by atoms with E-state index in [9.17, 15) is 0 Å². The van der Waals surface area contributed by atoms with Crippen LogP contribution in [0.2, 0.25) is 0 Å². The Morgan fingerprint density at radius 1 is 0.938 bits per heavy atom. The number of halogens is 1. The Labute approximate surface area is 209 Å². The number of nitrogens with zero attached hydrogens (tertiary/aromatic N) is 4. The van der Waals surface area contributed by atoms with Gasteiger partial charge in [-0.2, -0.15) is 5.10 Å². The fourth-order valence-electron chi connectivity index (χ4n) is 3.58. The first kappa shape index (κ1) is 25.9. The van der Waals surface area contributed by atoms with E-state index >= 15 is 0 Å². The zero-order valence-corrected chi connectivity index (χ0v) is 21.6. The van der Waals surface area contributed by atoms with Crippen molar-refractivity contribution in [2.45, 2.75) is 40.0 Å². The minimum absolute atomic E-state index is 0. The van der Waals surface area contributed by atoms with Crippen LogP contribution in [0.15, 0.2) is 72.0 Å². The quantitative estimate of drug-likeness (QED) is 0.227. The van der Waals surface area contributed by atoms with Gasteiger partial charge in [-0.15, -0.1) is 24.0 Å². The van der Waals surface area contributed by atoms with Crippen molar-refractivity contribution in [1.29, 1.82) is 0 Å². The van der Waals surface area contributed by atoms with E-state index in [4.69, 9.17) is 0 Å². The standard InChI is InChI=1S/C25H34N6.HI/c1-4-30(5-2)19-22-11-8-10-21(16-22)17-27-25(26-3)28-18-23-12-6-7-13-24(23)20-31-15-9-14-29-31;/h6-16H,4-5,17-20H2,1-3H3,(H2,26,27,28);1H. The second-order valence-corrected chi connectivity index (χ2v) is 7.53. The van der Waals surface area contributed by atoms with Crippen LogP contribution in [0.3, 0.4) is 0 Å². The molecule has 0 unspecified atom stereocenters. The van der Waals surface area contributed by atoms with E-state index in [0.29, 0.717) is 6.54 Å². The molecule has 0 saturated carbocycles. The zero-order chi connectivity index (χ0) is 21.9. The summed E-state index contributed by atoms with van der Waals surface area (Å²) in [6.45, 7) is 9.74. The first-order chi connectivity index (χ1) is 15.2. The predicted octanol–water partition coefficient (Wildman–Crippen LogP) is 4.26. The molecule has 0 atom stereocenters. The maximum Gasteiger partial charge on any atom is 0.191 e. The molecule has 2 N–H and O–H groups in total. The first-order valence-corrected chi connectivity index (χ1v) is 11.0. The van der Waals surface area contributed by atoms with E-state index in [1.165, 1.54) is 22.3 Å². The van der Waals surface area contributed by atoms with Crippen molar-refractivity contribution in [3.8, 4) is 0 Å². The molecule has 6 nitrogen and oxygen atoms in total. The highest BCUT2D eigenvalue weighted by Gasteiger charge is 2.06. The molecule has 0 amide bonds. The number of nitrogens with one attached hydrogen (secondary N) is 2. The van der Waals surface area contributed by atoms with Gasteiger partial charge in [0.1, 0.15) is 0 Å². The summed E-state index contributed by atoms with van der Waals surface area (Å²) in [7, 11) is 1.81. The number of aromatic nitrogens is 2. The molecule has 0 saturated heterocycles. The van der Waals surface area contributed by atoms with Crippen molar-refractivity contribution in [3.05, 3.63) is 89.2 Å². The molecule has 3 rings (SSSR count). The lowest BCUT2D eigenvalue weighted by molar-refractivity contribution is 0.296. The smallest absolute Gasteiger partial charge is 0.191 e. The van der Waals surface area contributed by atoms with Gasteiger partial charge in [0, 0.05) is 39.1 Å². The van der Waals surface area contributed by atoms with E-state index < -0.39 is 0 Å². The van der Waals surface area contributed by atoms with E-state index in [0.717, 1.165) is 38.7 Å². The fourth-order valence-corrected chi connectivity index (χ4v) is 3.58. The van der Waals surface area contributed by atoms with E-state index in [2.05, 4.69) is 88.0 Å². The molecule has 172 valence electrons. The summed E-state index contributed by atoms with van der Waals surface area (Å²) in [4.78, 5) is 6.81. The van der Waals surface area contributed by atoms with Gasteiger partial charge in [-0.3, -0.25) is 14.6 Å². The lowest BCUT2D eigenvalue weighted by Gasteiger charge is -2.18. The third-order valence-electron chi connectivity index (χ3n) is 5.43. The van der Waals surface area contributed by atoms with Gasteiger partial charge in [0.05, 0.1) is 6.54 Å². The third-order valence-corrected chi connectivity index (χ3v) is 5.43. The molecule has 7 heteroatoms. The molecule has 0 aliphatic rings. The summed E-state index contributed by atoms with van der Waals surface area (Å²) >= 11 is 0. The van der Waals surface area contributed by atoms with Gasteiger partial charge in [0.15, 0.2) is 5.96 Å². The fraction of sp³-hybridized carbons (Fsp3) is 0.360. The molecule has 1 aromatic heterocycles. The molecule has 0 bridgehead atoms. The average molecular weight is 547 g/mol. The molecule has 0 radical (unpaired) electrons. The van der Waals surface area contributed by atoms with E-state index in [1.54, 1.807) is 0 Å². The van der Waals surface area contributed by atoms with Crippen LogP contribution in [0.4, 0.5) is 0 Å². The van der Waals surface area contributed by atoms with Crippen molar-refractivity contribution in [2.75, 3.05) is 20.1 Å². The summed E-state index contributed by atoms with van der Waals surface area (Å²) in [5, 5.41) is 11.2. The molecule has 0 spiro atoms. The Morgan fingerprint density at radius 3 is 2.34 bits per heavy atom. The number of hydrogen-bond donors (Lipinski definition) is 2. The highest BCUT2D eigenvalue weighted by molar-refractivity contribution is 14.0. The molecule has 32 heavy (non-hydrogen) atoms. The Bertz CT molecular complexity index is 951. The van der Waals surface area contributed by atoms with Crippen molar-refractivity contribution < 1.29 is 0 Å². The Morgan fingerprint density at radius 2 is 1.66 bits per heavy atom. The summed E-state index contributed by atoms with van der Waals surface area (Å²) in [5.74, 6) is 0.794. The maximum atomic E-state index is 4.39. The second-order valence-electron chi connectivity index (χ2n) is 7.53. The highest BCUT2D eigenvalue weighted by Crippen LogP contribution is 2.11. The third kappa shape index (κ3) is 7.94. The SMILES string of the molecule is CCN(CC)Cc1cccc(CNC(=NC)NCc2ccccc2Cn2cccn2)c1.I. The van der Waals surface area contributed by atoms with E-state index in [-0.39, 0.29) is 24.0 Å². The maximum absolute atomic E-state index is 4.39. The molecule has 0 fully saturated rings. The molecular weight excluding hydrogens is 511 g/mol. The van der Waals surface area contributed by atoms with Crippen molar-refractivity contribution in [1.82, 2.24) is 25.3 Å². The summed E-state index contributed by atoms with van der Waals surface area (Å²) in [6.07, 6.45) is 3.79. The molecule has 0 aliphatic heterocycles. The molecule has 3 aromatic rings. The minimum atomic E-state index is 0. The number of hydrogen-bond acceptors (Lipinski definition) is 3. The first-order valence-electron chi connectivity index (χ1n) is 11.0. The molecular formula is C25H35IN6. The van der Waals surface area contributed by atoms with Crippen LogP contribution in [0.25, 0.3) is 0 Å². The zero-order valence-electron chi connectivity index (χ0n) is 19.3. The van der Waals surface area contributed by atoms with Gasteiger partial charge >= 0.3 is 0 Å². The van der Waals surface area contributed by atoms with E-state index in [1.807, 2.05) is 30.2 Å². The number of guanidine groups is 1. The van der Waals surface area contributed by atoms with Gasteiger partial charge in [-0.05, 0) is 41.4 Å². The Balaban J connectivity index is 0.00000363. The summed E-state index contributed by atoms with van der Waals surface area (Å²) < 4.78 is 1.94. The van der Waals surface area contributed by atoms with Gasteiger partial charge in [-0.1, -0.05) is 62.4 Å². The van der Waals surface area contributed by atoms with Crippen molar-refractivity contribution >= 4 is 29.9 Å². The van der Waals surface area contributed by atoms with Gasteiger partial charge in [0.25, 0.3) is 0 Å². The Hall–Kier alpha value is -2.39. The largest absolute Gasteiger partial charge is 0.352 e. The number of benzene rings is 2. The lowest BCUT2D eigenvalue weighted by atomic mass is 10.1. The Kier molecular flexibility index (Phi) is 11.2. The number of aliphatic imine (C=N–C) groups is 1. The highest BCUT2D eigenvalue weighted by atomic mass is 127. The molecule has 1 heterocycles. The summed E-state index contributed by atoms with van der Waals surface area (Å²) in [5.41, 5.74) is 5.09. The van der Waals surface area contributed by atoms with Crippen LogP contribution in [0.1, 0.15) is 36.1 Å². The minimum Gasteiger partial charge on any atom is -0.352 e. The van der Waals surface area contributed by atoms with Crippen LogP contribution in [-0.2, 0) is 26.2 Å². The lowest BCUT2D eigenvalue weighted by Crippen LogP contribution is -2.36. The van der Waals surface area contributed by atoms with Crippen molar-refractivity contribution in [2.24, 2.45) is 4.99 Å². The van der Waals surface area contributed by atoms with Gasteiger partial charge in [0.2, 0.25) is 0 Å². The second kappa shape index (κ2) is 13.9. The predicted molar refractivity (Wildman–Crippen MR) is 143 cm³/mol. The van der Waals surface area contributed by atoms with Gasteiger partial charge in [-0.25, -0.2) is 0 Å². The van der Waals surface area contributed by atoms with Crippen LogP contribution in [0, 0.1) is 0 Å². The molecule has 2 aromatic carbocycles. The van der Waals surface area contributed by atoms with Gasteiger partial charge < -0.3 is 10.6 Å². The van der Waals surface area contributed by atoms with Crippen LogP contribution in [-0.4, -0.2) is 40.8 Å². The van der Waals surface area contributed by atoms with Crippen LogP contribution < -0.4 is 10.6 Å². The topological polar surface area (TPSA) is 57.5 Å². The average Bonchev–Trinajstić information content (AvgIpc) is 3.32. The van der Waals surface area contributed by atoms with Crippen molar-refractivity contribution in [3.63, 3.8) is 0 Å². The molecule has 0 aliphatic carbocycles. The van der Waals surface area contributed by atoms with Crippen LogP contribution >= 0.6 is 24.0 Å². The summed E-state index contributed by atoms with van der Waals surface area (Å²) in [6, 6.07) is 19.2. The van der Waals surface area contributed by atoms with Crippen LogP contribution in [0.5, 0.6) is 0 Å². The number of rotatable bonds is 10. The normalized spacial score (nSPS) is 11.3.